The highest BCUT2D eigenvalue weighted by Crippen LogP contribution is 2.57. The lowest BCUT2D eigenvalue weighted by molar-refractivity contribution is -0.288. The number of alkyl halides is 6. The Balaban J connectivity index is 2.23. The topological polar surface area (TPSA) is 95.6 Å². The predicted molar refractivity (Wildman–Crippen MR) is 113 cm³/mol. The van der Waals surface area contributed by atoms with Gasteiger partial charge in [0.15, 0.2) is 0 Å². The highest BCUT2D eigenvalue weighted by Gasteiger charge is 2.72. The van der Waals surface area contributed by atoms with Crippen molar-refractivity contribution in [2.45, 2.75) is 24.7 Å². The van der Waals surface area contributed by atoms with Crippen LogP contribution in [0.25, 0.3) is 0 Å². The Labute approximate surface area is 189 Å². The number of benzene rings is 3. The number of hydrogen-bond donors (Lipinski definition) is 4. The van der Waals surface area contributed by atoms with E-state index in [0.29, 0.717) is 30.3 Å². The molecule has 0 unspecified atom stereocenters. The van der Waals surface area contributed by atoms with Gasteiger partial charge in [-0.1, -0.05) is 24.3 Å². The van der Waals surface area contributed by atoms with Gasteiger partial charge >= 0.3 is 12.4 Å². The second kappa shape index (κ2) is 8.47. The first-order valence-electron chi connectivity index (χ1n) is 9.62. The van der Waals surface area contributed by atoms with E-state index in [0.717, 1.165) is 13.0 Å². The molecule has 3 aromatic carbocycles. The summed E-state index contributed by atoms with van der Waals surface area (Å²) < 4.78 is 86.0. The van der Waals surface area contributed by atoms with Crippen LogP contribution in [0.15, 0.2) is 60.7 Å². The quantitative estimate of drug-likeness (QED) is 0.219. The molecule has 0 atom stereocenters. The molecule has 0 aliphatic carbocycles. The molecule has 3 aromatic rings. The fourth-order valence-electron chi connectivity index (χ4n) is 3.61. The molecule has 0 fully saturated rings. The molecule has 0 aliphatic heterocycles. The second-order valence-electron chi connectivity index (χ2n) is 7.56. The van der Waals surface area contributed by atoms with Gasteiger partial charge in [0.05, 0.1) is 5.69 Å². The summed E-state index contributed by atoms with van der Waals surface area (Å²) in [4.78, 5) is 12.5. The SMILES string of the molecule is Cc1cc(C(c2ccc(O)c(NC(=O)c3cccc(N)c3)c2)(C(F)(F)F)C(F)(F)F)ccc1O. The maximum atomic E-state index is 14.3. The first-order valence-corrected chi connectivity index (χ1v) is 9.62. The Morgan fingerprint density at radius 1 is 0.824 bits per heavy atom. The Hall–Kier alpha value is -3.89. The van der Waals surface area contributed by atoms with Gasteiger partial charge in [-0.15, -0.1) is 0 Å². The van der Waals surface area contributed by atoms with E-state index in [-0.39, 0.29) is 16.8 Å². The number of nitrogens with two attached hydrogens (primary N) is 1. The third-order valence-electron chi connectivity index (χ3n) is 5.31. The number of amides is 1. The molecular formula is C23H18F6N2O3. The minimum absolute atomic E-state index is 0.0307. The summed E-state index contributed by atoms with van der Waals surface area (Å²) in [6.45, 7) is 1.16. The minimum atomic E-state index is -5.89. The Kier molecular flexibility index (Phi) is 6.17. The molecule has 34 heavy (non-hydrogen) atoms. The number of carbonyl (C=O) groups is 1. The number of anilines is 2. The first kappa shape index (κ1) is 24.7. The summed E-state index contributed by atoms with van der Waals surface area (Å²) >= 11 is 0. The van der Waals surface area contributed by atoms with Crippen LogP contribution < -0.4 is 11.1 Å². The van der Waals surface area contributed by atoms with Crippen LogP contribution >= 0.6 is 0 Å². The normalized spacial score (nSPS) is 12.4. The molecule has 0 heterocycles. The lowest BCUT2D eigenvalue weighted by Gasteiger charge is -2.38. The molecular weight excluding hydrogens is 466 g/mol. The van der Waals surface area contributed by atoms with Crippen molar-refractivity contribution >= 4 is 17.3 Å². The molecule has 0 saturated heterocycles. The van der Waals surface area contributed by atoms with E-state index in [2.05, 4.69) is 5.32 Å². The lowest BCUT2D eigenvalue weighted by Crippen LogP contribution is -2.54. The van der Waals surface area contributed by atoms with Crippen LogP contribution in [0.5, 0.6) is 11.5 Å². The Morgan fingerprint density at radius 2 is 1.38 bits per heavy atom. The summed E-state index contributed by atoms with van der Waals surface area (Å²) in [5.41, 5.74) is -2.13. The Morgan fingerprint density at radius 3 is 1.91 bits per heavy atom. The first-order chi connectivity index (χ1) is 15.7. The number of aryl methyl sites for hydroxylation is 1. The van der Waals surface area contributed by atoms with Crippen molar-refractivity contribution in [2.24, 2.45) is 0 Å². The highest BCUT2D eigenvalue weighted by molar-refractivity contribution is 6.05. The number of hydrogen-bond acceptors (Lipinski definition) is 4. The van der Waals surface area contributed by atoms with Crippen LogP contribution in [0.4, 0.5) is 37.7 Å². The van der Waals surface area contributed by atoms with Crippen LogP contribution in [0.2, 0.25) is 0 Å². The maximum absolute atomic E-state index is 14.3. The maximum Gasteiger partial charge on any atom is 0.411 e. The van der Waals surface area contributed by atoms with Crippen molar-refractivity contribution in [1.29, 1.82) is 0 Å². The predicted octanol–water partition coefficient (Wildman–Crippen LogP) is 5.65. The standard InChI is InChI=1S/C23H18F6N2O3/c1-12-9-14(5-7-18(12)32)21(22(24,25)26,23(27,28)29)15-6-8-19(33)17(11-15)31-20(34)13-3-2-4-16(30)10-13/h2-11,32-33H,30H2,1H3,(H,31,34). The smallest absolute Gasteiger partial charge is 0.411 e. The summed E-state index contributed by atoms with van der Waals surface area (Å²) in [5, 5.41) is 21.8. The average molecular weight is 484 g/mol. The molecule has 0 aromatic heterocycles. The van der Waals surface area contributed by atoms with Crippen LogP contribution in [0.1, 0.15) is 27.0 Å². The van der Waals surface area contributed by atoms with Gasteiger partial charge in [0, 0.05) is 11.3 Å². The van der Waals surface area contributed by atoms with Gasteiger partial charge < -0.3 is 21.3 Å². The van der Waals surface area contributed by atoms with E-state index in [1.165, 1.54) is 24.3 Å². The number of nitrogens with one attached hydrogen (secondary N) is 1. The molecule has 0 bridgehead atoms. The molecule has 0 saturated carbocycles. The van der Waals surface area contributed by atoms with E-state index >= 15 is 0 Å². The van der Waals surface area contributed by atoms with Crippen molar-refractivity contribution in [3.05, 3.63) is 82.9 Å². The zero-order valence-corrected chi connectivity index (χ0v) is 17.4. The van der Waals surface area contributed by atoms with E-state index in [9.17, 15) is 41.4 Å². The summed E-state index contributed by atoms with van der Waals surface area (Å²) in [5.74, 6) is -2.14. The number of aromatic hydroxyl groups is 2. The van der Waals surface area contributed by atoms with Crippen LogP contribution in [-0.4, -0.2) is 28.5 Å². The van der Waals surface area contributed by atoms with E-state index < -0.39 is 52.0 Å². The van der Waals surface area contributed by atoms with Crippen molar-refractivity contribution in [3.63, 3.8) is 0 Å². The molecule has 1 amide bonds. The fourth-order valence-corrected chi connectivity index (χ4v) is 3.61. The molecule has 3 rings (SSSR count). The van der Waals surface area contributed by atoms with Gasteiger partial charge in [0.1, 0.15) is 11.5 Å². The monoisotopic (exact) mass is 484 g/mol. The molecule has 180 valence electrons. The zero-order valence-electron chi connectivity index (χ0n) is 17.4. The third kappa shape index (κ3) is 4.20. The number of nitrogen functional groups attached to an aromatic ring is 1. The largest absolute Gasteiger partial charge is 0.508 e. The van der Waals surface area contributed by atoms with Gasteiger partial charge in [-0.2, -0.15) is 26.3 Å². The fraction of sp³-hybridized carbons (Fsp3) is 0.174. The summed E-state index contributed by atoms with van der Waals surface area (Å²) in [6.07, 6.45) is -11.8. The van der Waals surface area contributed by atoms with E-state index in [1.807, 2.05) is 0 Å². The molecule has 0 radical (unpaired) electrons. The highest BCUT2D eigenvalue weighted by atomic mass is 19.4. The van der Waals surface area contributed by atoms with Crippen molar-refractivity contribution in [2.75, 3.05) is 11.1 Å². The Bertz CT molecular complexity index is 1220. The van der Waals surface area contributed by atoms with Gasteiger partial charge in [0.2, 0.25) is 5.41 Å². The summed E-state index contributed by atoms with van der Waals surface area (Å²) in [7, 11) is 0. The number of phenolic OH excluding ortho intramolecular Hbond substituents is 2. The number of rotatable bonds is 4. The second-order valence-corrected chi connectivity index (χ2v) is 7.56. The molecule has 11 heteroatoms. The third-order valence-corrected chi connectivity index (χ3v) is 5.31. The van der Waals surface area contributed by atoms with Crippen LogP contribution in [0.3, 0.4) is 0 Å². The van der Waals surface area contributed by atoms with Crippen molar-refractivity contribution < 1.29 is 41.4 Å². The van der Waals surface area contributed by atoms with Crippen LogP contribution in [0, 0.1) is 6.92 Å². The van der Waals surface area contributed by atoms with Crippen molar-refractivity contribution in [1.82, 2.24) is 0 Å². The molecule has 5 N–H and O–H groups in total. The molecule has 5 nitrogen and oxygen atoms in total. The van der Waals surface area contributed by atoms with Crippen LogP contribution in [-0.2, 0) is 5.41 Å². The number of halogens is 6. The van der Waals surface area contributed by atoms with E-state index in [1.54, 1.807) is 0 Å². The van der Waals surface area contributed by atoms with Gasteiger partial charge in [-0.25, -0.2) is 0 Å². The average Bonchev–Trinajstić information content (AvgIpc) is 2.71. The lowest BCUT2D eigenvalue weighted by atomic mass is 9.72. The summed E-state index contributed by atoms with van der Waals surface area (Å²) in [6, 6.07) is 8.84. The minimum Gasteiger partial charge on any atom is -0.508 e. The number of carbonyl (C=O) groups excluding carboxylic acids is 1. The molecule has 0 aliphatic rings. The zero-order chi connectivity index (χ0) is 25.5. The van der Waals surface area contributed by atoms with Crippen molar-refractivity contribution in [3.8, 4) is 11.5 Å². The van der Waals surface area contributed by atoms with Gasteiger partial charge in [0.25, 0.3) is 5.91 Å². The van der Waals surface area contributed by atoms with Gasteiger partial charge in [-0.05, 0) is 60.0 Å². The number of phenols is 2. The van der Waals surface area contributed by atoms with Gasteiger partial charge in [-0.3, -0.25) is 4.79 Å². The van der Waals surface area contributed by atoms with E-state index in [4.69, 9.17) is 5.73 Å². The molecule has 0 spiro atoms.